The standard InChI is InChI=1S/C7H14N4O/c1-4-5(2)11-6(8)9-7(10-11)12-3/h5H,4H2,1-3H3,(H2,8,9,10). The monoisotopic (exact) mass is 170 g/mol. The smallest absolute Gasteiger partial charge is 0.337 e. The molecule has 0 spiro atoms. The van der Waals surface area contributed by atoms with E-state index in [1.54, 1.807) is 4.68 Å². The number of nitrogen functional groups attached to an aromatic ring is 1. The van der Waals surface area contributed by atoms with Gasteiger partial charge in [0.05, 0.1) is 13.2 Å². The highest BCUT2D eigenvalue weighted by Crippen LogP contribution is 2.15. The molecule has 1 aromatic heterocycles. The molecule has 0 saturated heterocycles. The lowest BCUT2D eigenvalue weighted by atomic mass is 10.3. The van der Waals surface area contributed by atoms with E-state index in [9.17, 15) is 0 Å². The van der Waals surface area contributed by atoms with Gasteiger partial charge >= 0.3 is 6.01 Å². The van der Waals surface area contributed by atoms with E-state index in [4.69, 9.17) is 10.5 Å². The summed E-state index contributed by atoms with van der Waals surface area (Å²) in [5, 5.41) is 4.06. The Bertz CT molecular complexity index is 258. The van der Waals surface area contributed by atoms with Crippen LogP contribution in [0.15, 0.2) is 0 Å². The van der Waals surface area contributed by atoms with E-state index >= 15 is 0 Å². The van der Waals surface area contributed by atoms with Crippen LogP contribution < -0.4 is 10.5 Å². The van der Waals surface area contributed by atoms with Crippen LogP contribution in [-0.4, -0.2) is 21.9 Å². The maximum atomic E-state index is 5.60. The second-order valence-electron chi connectivity index (χ2n) is 2.66. The van der Waals surface area contributed by atoms with E-state index in [1.807, 2.05) is 6.92 Å². The fourth-order valence-corrected chi connectivity index (χ4v) is 0.899. The van der Waals surface area contributed by atoms with Crippen molar-refractivity contribution in [3.05, 3.63) is 0 Å². The van der Waals surface area contributed by atoms with Crippen LogP contribution in [0.1, 0.15) is 26.3 Å². The molecule has 1 aromatic rings. The zero-order valence-corrected chi connectivity index (χ0v) is 7.61. The van der Waals surface area contributed by atoms with Crippen LogP contribution in [0.5, 0.6) is 6.01 Å². The van der Waals surface area contributed by atoms with Gasteiger partial charge in [-0.1, -0.05) is 6.92 Å². The van der Waals surface area contributed by atoms with Gasteiger partial charge in [-0.2, -0.15) is 4.98 Å². The van der Waals surface area contributed by atoms with Crippen LogP contribution in [0.4, 0.5) is 5.95 Å². The number of methoxy groups -OCH3 is 1. The van der Waals surface area contributed by atoms with Crippen molar-refractivity contribution in [3.63, 3.8) is 0 Å². The maximum Gasteiger partial charge on any atom is 0.337 e. The van der Waals surface area contributed by atoms with Gasteiger partial charge in [0, 0.05) is 0 Å². The predicted molar refractivity (Wildman–Crippen MR) is 46.0 cm³/mol. The number of hydrogen-bond acceptors (Lipinski definition) is 4. The van der Waals surface area contributed by atoms with Gasteiger partial charge in [0.15, 0.2) is 0 Å². The van der Waals surface area contributed by atoms with E-state index in [1.165, 1.54) is 7.11 Å². The van der Waals surface area contributed by atoms with Crippen molar-refractivity contribution >= 4 is 5.95 Å². The van der Waals surface area contributed by atoms with Crippen molar-refractivity contribution in [1.82, 2.24) is 14.8 Å². The van der Waals surface area contributed by atoms with Crippen LogP contribution in [0.2, 0.25) is 0 Å². The summed E-state index contributed by atoms with van der Waals surface area (Å²) in [6.45, 7) is 4.10. The van der Waals surface area contributed by atoms with Gasteiger partial charge in [-0.25, -0.2) is 4.68 Å². The fourth-order valence-electron chi connectivity index (χ4n) is 0.899. The molecule has 0 fully saturated rings. The molecule has 2 N–H and O–H groups in total. The molecular formula is C7H14N4O. The number of ether oxygens (including phenoxy) is 1. The molecule has 0 aliphatic carbocycles. The molecule has 5 heteroatoms. The lowest BCUT2D eigenvalue weighted by Gasteiger charge is -2.08. The summed E-state index contributed by atoms with van der Waals surface area (Å²) >= 11 is 0. The molecule has 0 bridgehead atoms. The first-order chi connectivity index (χ1) is 5.69. The van der Waals surface area contributed by atoms with Gasteiger partial charge in [0.1, 0.15) is 0 Å². The third-order valence-corrected chi connectivity index (χ3v) is 1.83. The predicted octanol–water partition coefficient (Wildman–Crippen LogP) is 0.840. The van der Waals surface area contributed by atoms with Gasteiger partial charge in [0.2, 0.25) is 5.95 Å². The molecule has 1 unspecified atom stereocenters. The minimum absolute atomic E-state index is 0.265. The van der Waals surface area contributed by atoms with Gasteiger partial charge in [-0.15, -0.1) is 5.10 Å². The number of rotatable bonds is 3. The summed E-state index contributed by atoms with van der Waals surface area (Å²) in [6.07, 6.45) is 0.969. The summed E-state index contributed by atoms with van der Waals surface area (Å²) in [7, 11) is 1.52. The van der Waals surface area contributed by atoms with E-state index in [2.05, 4.69) is 17.0 Å². The lowest BCUT2D eigenvalue weighted by molar-refractivity contribution is 0.368. The minimum atomic E-state index is 0.265. The molecule has 0 amide bonds. The maximum absolute atomic E-state index is 5.60. The first-order valence-electron chi connectivity index (χ1n) is 3.95. The second-order valence-corrected chi connectivity index (χ2v) is 2.66. The first kappa shape index (κ1) is 8.83. The van der Waals surface area contributed by atoms with Crippen molar-refractivity contribution in [3.8, 4) is 6.01 Å². The molecule has 0 saturated carbocycles. The number of aromatic nitrogens is 3. The number of nitrogens with zero attached hydrogens (tertiary/aromatic N) is 3. The molecule has 0 aliphatic heterocycles. The normalized spacial score (nSPS) is 12.9. The summed E-state index contributed by atoms with van der Waals surface area (Å²) in [4.78, 5) is 3.91. The minimum Gasteiger partial charge on any atom is -0.466 e. The Morgan fingerprint density at radius 3 is 2.75 bits per heavy atom. The molecular weight excluding hydrogens is 156 g/mol. The second kappa shape index (κ2) is 3.42. The lowest BCUT2D eigenvalue weighted by Crippen LogP contribution is -2.09. The van der Waals surface area contributed by atoms with Crippen LogP contribution in [0.3, 0.4) is 0 Å². The topological polar surface area (TPSA) is 66.0 Å². The Balaban J connectivity index is 2.91. The Hall–Kier alpha value is -1.26. The number of nitrogens with two attached hydrogens (primary N) is 1. The summed E-state index contributed by atoms with van der Waals surface area (Å²) in [5.74, 6) is 0.404. The Kier molecular flexibility index (Phi) is 2.52. The fraction of sp³-hybridized carbons (Fsp3) is 0.714. The number of anilines is 1. The molecule has 0 radical (unpaired) electrons. The summed E-state index contributed by atoms with van der Waals surface area (Å²) < 4.78 is 6.51. The third kappa shape index (κ3) is 1.49. The van der Waals surface area contributed by atoms with Gasteiger partial charge in [-0.05, 0) is 13.3 Å². The van der Waals surface area contributed by atoms with Crippen molar-refractivity contribution in [2.75, 3.05) is 12.8 Å². The SMILES string of the molecule is CCC(C)n1nc(OC)nc1N. The van der Waals surface area contributed by atoms with Crippen molar-refractivity contribution < 1.29 is 4.74 Å². The Morgan fingerprint density at radius 2 is 2.33 bits per heavy atom. The Labute approximate surface area is 71.5 Å². The molecule has 68 valence electrons. The largest absolute Gasteiger partial charge is 0.466 e. The van der Waals surface area contributed by atoms with Crippen LogP contribution in [0.25, 0.3) is 0 Å². The van der Waals surface area contributed by atoms with Crippen LogP contribution >= 0.6 is 0 Å². The quantitative estimate of drug-likeness (QED) is 0.730. The zero-order chi connectivity index (χ0) is 9.14. The van der Waals surface area contributed by atoms with Crippen molar-refractivity contribution in [2.24, 2.45) is 0 Å². The summed E-state index contributed by atoms with van der Waals surface area (Å²) in [6, 6.07) is 0.592. The van der Waals surface area contributed by atoms with Gasteiger partial charge in [-0.3, -0.25) is 0 Å². The average Bonchev–Trinajstić information content (AvgIpc) is 2.45. The summed E-state index contributed by atoms with van der Waals surface area (Å²) in [5.41, 5.74) is 5.60. The molecule has 0 aliphatic rings. The van der Waals surface area contributed by atoms with Crippen molar-refractivity contribution in [2.45, 2.75) is 26.3 Å². The molecule has 1 heterocycles. The van der Waals surface area contributed by atoms with E-state index in [0.29, 0.717) is 12.0 Å². The molecule has 1 rings (SSSR count). The highest BCUT2D eigenvalue weighted by Gasteiger charge is 2.10. The van der Waals surface area contributed by atoms with Gasteiger partial charge < -0.3 is 10.5 Å². The molecule has 5 nitrogen and oxygen atoms in total. The van der Waals surface area contributed by atoms with E-state index in [0.717, 1.165) is 6.42 Å². The highest BCUT2D eigenvalue weighted by atomic mass is 16.5. The zero-order valence-electron chi connectivity index (χ0n) is 7.61. The van der Waals surface area contributed by atoms with Gasteiger partial charge in [0.25, 0.3) is 0 Å². The molecule has 0 aromatic carbocycles. The van der Waals surface area contributed by atoms with E-state index < -0.39 is 0 Å². The van der Waals surface area contributed by atoms with Crippen LogP contribution in [-0.2, 0) is 0 Å². The molecule has 1 atom stereocenters. The number of hydrogen-bond donors (Lipinski definition) is 1. The Morgan fingerprint density at radius 1 is 1.67 bits per heavy atom. The third-order valence-electron chi connectivity index (χ3n) is 1.83. The average molecular weight is 170 g/mol. The van der Waals surface area contributed by atoms with E-state index in [-0.39, 0.29) is 6.04 Å². The van der Waals surface area contributed by atoms with Crippen molar-refractivity contribution in [1.29, 1.82) is 0 Å². The van der Waals surface area contributed by atoms with Crippen LogP contribution in [0, 0.1) is 0 Å². The molecule has 12 heavy (non-hydrogen) atoms. The highest BCUT2D eigenvalue weighted by molar-refractivity contribution is 5.19. The first-order valence-corrected chi connectivity index (χ1v) is 3.95.